The van der Waals surface area contributed by atoms with Gasteiger partial charge in [0.1, 0.15) is 11.4 Å². The van der Waals surface area contributed by atoms with Crippen LogP contribution in [0.3, 0.4) is 0 Å². The van der Waals surface area contributed by atoms with Crippen LogP contribution in [0.15, 0.2) is 24.3 Å². The summed E-state index contributed by atoms with van der Waals surface area (Å²) in [6, 6.07) is 7.13. The lowest BCUT2D eigenvalue weighted by atomic mass is 10.00. The zero-order valence-corrected chi connectivity index (χ0v) is 11.9. The fourth-order valence-electron chi connectivity index (χ4n) is 2.66. The fourth-order valence-corrected chi connectivity index (χ4v) is 2.66. The van der Waals surface area contributed by atoms with E-state index in [9.17, 15) is 15.0 Å². The zero-order valence-electron chi connectivity index (χ0n) is 11.9. The minimum Gasteiger partial charge on any atom is -0.508 e. The number of carbonyl (C=O) groups is 1. The summed E-state index contributed by atoms with van der Waals surface area (Å²) in [6.45, 7) is 1.95. The quantitative estimate of drug-likeness (QED) is 0.772. The van der Waals surface area contributed by atoms with Crippen LogP contribution in [0, 0.1) is 0 Å². The Kier molecular flexibility index (Phi) is 4.65. The van der Waals surface area contributed by atoms with Crippen LogP contribution in [0.2, 0.25) is 0 Å². The van der Waals surface area contributed by atoms with Gasteiger partial charge in [0.05, 0.1) is 0 Å². The lowest BCUT2D eigenvalue weighted by Gasteiger charge is -2.24. The molecule has 0 saturated heterocycles. The number of carbonyl (C=O) groups excluding carboxylic acids is 1. The molecule has 0 aliphatic heterocycles. The minimum absolute atomic E-state index is 0.0286. The third kappa shape index (κ3) is 3.73. The van der Waals surface area contributed by atoms with Crippen molar-refractivity contribution < 1.29 is 15.0 Å². The lowest BCUT2D eigenvalue weighted by Crippen LogP contribution is -2.48. The molecule has 0 spiro atoms. The largest absolute Gasteiger partial charge is 0.508 e. The number of hydrogen-bond donors (Lipinski definition) is 3. The van der Waals surface area contributed by atoms with Gasteiger partial charge >= 0.3 is 0 Å². The van der Waals surface area contributed by atoms with Gasteiger partial charge in [0.25, 0.3) is 5.91 Å². The van der Waals surface area contributed by atoms with Crippen LogP contribution >= 0.6 is 0 Å². The molecule has 0 unspecified atom stereocenters. The molecule has 0 radical (unpaired) electrons. The second-order valence-corrected chi connectivity index (χ2v) is 5.82. The first-order valence-corrected chi connectivity index (χ1v) is 7.31. The summed E-state index contributed by atoms with van der Waals surface area (Å²) in [7, 11) is 0. The Balaban J connectivity index is 1.79. The Bertz CT molecular complexity index is 449. The lowest BCUT2D eigenvalue weighted by molar-refractivity contribution is -0.139. The molecule has 1 aliphatic carbocycles. The van der Waals surface area contributed by atoms with Crippen LogP contribution in [0.5, 0.6) is 5.75 Å². The maximum Gasteiger partial charge on any atom is 0.252 e. The minimum atomic E-state index is -1.15. The van der Waals surface area contributed by atoms with Crippen molar-refractivity contribution in [2.24, 2.45) is 0 Å². The van der Waals surface area contributed by atoms with Crippen molar-refractivity contribution in [2.75, 3.05) is 0 Å². The third-order valence-corrected chi connectivity index (χ3v) is 4.03. The van der Waals surface area contributed by atoms with Crippen LogP contribution in [0.25, 0.3) is 0 Å². The van der Waals surface area contributed by atoms with Gasteiger partial charge in [-0.2, -0.15) is 0 Å². The molecule has 1 aromatic carbocycles. The van der Waals surface area contributed by atoms with E-state index in [0.717, 1.165) is 31.2 Å². The first-order valence-electron chi connectivity index (χ1n) is 7.31. The summed E-state index contributed by atoms with van der Waals surface area (Å²) in [4.78, 5) is 12.0. The van der Waals surface area contributed by atoms with E-state index >= 15 is 0 Å². The summed E-state index contributed by atoms with van der Waals surface area (Å²) in [5.41, 5.74) is -0.0178. The fraction of sp³-hybridized carbons (Fsp3) is 0.562. The van der Waals surface area contributed by atoms with Gasteiger partial charge in [0.15, 0.2) is 0 Å². The van der Waals surface area contributed by atoms with Crippen LogP contribution in [-0.2, 0) is 11.2 Å². The van der Waals surface area contributed by atoms with Gasteiger partial charge in [0, 0.05) is 6.04 Å². The smallest absolute Gasteiger partial charge is 0.252 e. The zero-order chi connectivity index (χ0) is 14.6. The predicted octanol–water partition coefficient (Wildman–Crippen LogP) is 2.13. The SMILES string of the molecule is C[C@@H](CCc1ccc(O)cc1)NC(=O)C1(O)CCCC1. The standard InChI is InChI=1S/C16H23NO3/c1-12(4-5-13-6-8-14(18)9-7-13)17-15(19)16(20)10-2-3-11-16/h6-9,12,18,20H,2-5,10-11H2,1H3,(H,17,19)/t12-/m0/s1. The molecule has 1 saturated carbocycles. The molecule has 2 rings (SSSR count). The topological polar surface area (TPSA) is 69.6 Å². The number of phenols is 1. The highest BCUT2D eigenvalue weighted by Crippen LogP contribution is 2.29. The summed E-state index contributed by atoms with van der Waals surface area (Å²) < 4.78 is 0. The van der Waals surface area contributed by atoms with Crippen molar-refractivity contribution in [1.82, 2.24) is 5.32 Å². The average molecular weight is 277 g/mol. The van der Waals surface area contributed by atoms with Gasteiger partial charge in [0.2, 0.25) is 0 Å². The van der Waals surface area contributed by atoms with Crippen molar-refractivity contribution in [3.63, 3.8) is 0 Å². The predicted molar refractivity (Wildman–Crippen MR) is 77.5 cm³/mol. The molecule has 1 fully saturated rings. The molecule has 0 heterocycles. The van der Waals surface area contributed by atoms with E-state index < -0.39 is 5.60 Å². The number of hydrogen-bond acceptors (Lipinski definition) is 3. The number of amides is 1. The molecule has 1 aliphatic rings. The molecule has 4 nitrogen and oxygen atoms in total. The molecule has 110 valence electrons. The maximum absolute atomic E-state index is 12.0. The summed E-state index contributed by atoms with van der Waals surface area (Å²) in [5.74, 6) is 0.0340. The van der Waals surface area contributed by atoms with E-state index in [1.165, 1.54) is 0 Å². The van der Waals surface area contributed by atoms with Crippen molar-refractivity contribution in [3.8, 4) is 5.75 Å². The van der Waals surface area contributed by atoms with E-state index in [0.29, 0.717) is 12.8 Å². The number of nitrogens with one attached hydrogen (secondary N) is 1. The third-order valence-electron chi connectivity index (χ3n) is 4.03. The first-order chi connectivity index (χ1) is 9.49. The highest BCUT2D eigenvalue weighted by Gasteiger charge is 2.39. The van der Waals surface area contributed by atoms with Gasteiger partial charge in [-0.05, 0) is 63.1 Å². The van der Waals surface area contributed by atoms with Gasteiger partial charge in [-0.3, -0.25) is 4.79 Å². The Morgan fingerprint density at radius 1 is 1.30 bits per heavy atom. The molecule has 1 aromatic rings. The summed E-state index contributed by atoms with van der Waals surface area (Å²) in [6.07, 6.45) is 4.64. The van der Waals surface area contributed by atoms with Crippen molar-refractivity contribution in [2.45, 2.75) is 57.1 Å². The van der Waals surface area contributed by atoms with Crippen LogP contribution in [0.1, 0.15) is 44.6 Å². The van der Waals surface area contributed by atoms with E-state index in [-0.39, 0.29) is 17.7 Å². The Labute approximate surface area is 119 Å². The second kappa shape index (κ2) is 6.27. The summed E-state index contributed by atoms with van der Waals surface area (Å²) in [5, 5.41) is 22.3. The van der Waals surface area contributed by atoms with Gasteiger partial charge in [-0.25, -0.2) is 0 Å². The normalized spacial score (nSPS) is 18.7. The first kappa shape index (κ1) is 14.9. The molecular formula is C16H23NO3. The van der Waals surface area contributed by atoms with Gasteiger partial charge < -0.3 is 15.5 Å². The Morgan fingerprint density at radius 2 is 1.90 bits per heavy atom. The molecule has 1 atom stereocenters. The molecule has 0 bridgehead atoms. The van der Waals surface area contributed by atoms with E-state index in [2.05, 4.69) is 5.32 Å². The average Bonchev–Trinajstić information content (AvgIpc) is 2.86. The molecule has 3 N–H and O–H groups in total. The van der Waals surface area contributed by atoms with Gasteiger partial charge in [-0.15, -0.1) is 0 Å². The molecule has 1 amide bonds. The molecule has 20 heavy (non-hydrogen) atoms. The number of benzene rings is 1. The monoisotopic (exact) mass is 277 g/mol. The van der Waals surface area contributed by atoms with Crippen LogP contribution in [0.4, 0.5) is 0 Å². The Morgan fingerprint density at radius 3 is 2.50 bits per heavy atom. The highest BCUT2D eigenvalue weighted by atomic mass is 16.3. The number of aromatic hydroxyl groups is 1. The highest BCUT2D eigenvalue weighted by molar-refractivity contribution is 5.85. The molecular weight excluding hydrogens is 254 g/mol. The van der Waals surface area contributed by atoms with Crippen LogP contribution in [-0.4, -0.2) is 27.8 Å². The van der Waals surface area contributed by atoms with Crippen LogP contribution < -0.4 is 5.32 Å². The molecule has 0 aromatic heterocycles. The maximum atomic E-state index is 12.0. The number of aryl methyl sites for hydroxylation is 1. The Hall–Kier alpha value is -1.55. The number of rotatable bonds is 5. The van der Waals surface area contributed by atoms with Crippen molar-refractivity contribution in [3.05, 3.63) is 29.8 Å². The van der Waals surface area contributed by atoms with Gasteiger partial charge in [-0.1, -0.05) is 12.1 Å². The second-order valence-electron chi connectivity index (χ2n) is 5.82. The number of aliphatic hydroxyl groups is 1. The summed E-state index contributed by atoms with van der Waals surface area (Å²) >= 11 is 0. The van der Waals surface area contributed by atoms with E-state index in [4.69, 9.17) is 0 Å². The van der Waals surface area contributed by atoms with E-state index in [1.807, 2.05) is 19.1 Å². The number of phenolic OH excluding ortho intramolecular Hbond substituents is 1. The molecule has 4 heteroatoms. The van der Waals surface area contributed by atoms with Crippen molar-refractivity contribution in [1.29, 1.82) is 0 Å². The van der Waals surface area contributed by atoms with E-state index in [1.54, 1.807) is 12.1 Å². The van der Waals surface area contributed by atoms with Crippen molar-refractivity contribution >= 4 is 5.91 Å².